The molecular weight excluding hydrogens is 384 g/mol. The van der Waals surface area contributed by atoms with E-state index in [9.17, 15) is 14.4 Å². The molecule has 0 aromatic heterocycles. The zero-order valence-electron chi connectivity index (χ0n) is 16.6. The summed E-state index contributed by atoms with van der Waals surface area (Å²) in [5, 5.41) is 14.3. The normalized spacial score (nSPS) is 19.9. The van der Waals surface area contributed by atoms with E-state index in [1.807, 2.05) is 55.5 Å². The van der Waals surface area contributed by atoms with Gasteiger partial charge in [0.1, 0.15) is 12.6 Å². The van der Waals surface area contributed by atoms with E-state index in [0.717, 1.165) is 28.7 Å². The van der Waals surface area contributed by atoms with Gasteiger partial charge in [0.2, 0.25) is 5.91 Å². The summed E-state index contributed by atoms with van der Waals surface area (Å²) in [5.74, 6) is -1.41. The summed E-state index contributed by atoms with van der Waals surface area (Å²) in [6.45, 7) is 2.09. The molecule has 2 aromatic carbocycles. The van der Waals surface area contributed by atoms with Crippen LogP contribution >= 0.6 is 0 Å². The predicted molar refractivity (Wildman–Crippen MR) is 110 cm³/mol. The molecule has 0 spiro atoms. The van der Waals surface area contributed by atoms with Gasteiger partial charge >= 0.3 is 12.1 Å². The van der Waals surface area contributed by atoms with Crippen molar-refractivity contribution >= 4 is 18.0 Å². The average molecular weight is 408 g/mol. The van der Waals surface area contributed by atoms with Crippen molar-refractivity contribution in [3.63, 3.8) is 0 Å². The molecule has 0 saturated heterocycles. The number of aliphatic carboxylic acids is 1. The Morgan fingerprint density at radius 1 is 1.07 bits per heavy atom. The standard InChI is InChI=1S/C23H24N2O5/c1-13-10-19(13)24-22(28)20(11-21(26)27)25-23(29)30-12-18-16-8-4-2-6-14(16)15-7-3-5-9-17(15)18/h2-9,13,18-20H,10-12H2,1H3,(H,24,28)(H,25,29)(H,26,27)/t13-,19-,20?/m1/s1. The van der Waals surface area contributed by atoms with E-state index in [2.05, 4.69) is 10.6 Å². The van der Waals surface area contributed by atoms with Gasteiger partial charge in [-0.25, -0.2) is 4.79 Å². The molecule has 0 heterocycles. The van der Waals surface area contributed by atoms with Gasteiger partial charge in [0.05, 0.1) is 6.42 Å². The molecule has 0 aliphatic heterocycles. The molecule has 2 aliphatic rings. The van der Waals surface area contributed by atoms with Crippen LogP contribution in [0, 0.1) is 5.92 Å². The van der Waals surface area contributed by atoms with Crippen molar-refractivity contribution in [1.29, 1.82) is 0 Å². The van der Waals surface area contributed by atoms with Crippen LogP contribution in [0.25, 0.3) is 11.1 Å². The molecule has 3 N–H and O–H groups in total. The summed E-state index contributed by atoms with van der Waals surface area (Å²) < 4.78 is 5.42. The summed E-state index contributed by atoms with van der Waals surface area (Å²) in [7, 11) is 0. The molecule has 7 heteroatoms. The lowest BCUT2D eigenvalue weighted by atomic mass is 9.98. The molecule has 2 amide bonds. The van der Waals surface area contributed by atoms with Gasteiger partial charge < -0.3 is 20.5 Å². The van der Waals surface area contributed by atoms with Crippen LogP contribution in [0.1, 0.15) is 36.8 Å². The molecule has 1 fully saturated rings. The van der Waals surface area contributed by atoms with E-state index in [0.29, 0.717) is 5.92 Å². The maximum atomic E-state index is 12.4. The van der Waals surface area contributed by atoms with Crippen LogP contribution < -0.4 is 10.6 Å². The Hall–Kier alpha value is -3.35. The van der Waals surface area contributed by atoms with E-state index >= 15 is 0 Å². The van der Waals surface area contributed by atoms with Crippen molar-refractivity contribution < 1.29 is 24.2 Å². The van der Waals surface area contributed by atoms with Crippen molar-refractivity contribution in [3.8, 4) is 11.1 Å². The molecule has 7 nitrogen and oxygen atoms in total. The smallest absolute Gasteiger partial charge is 0.407 e. The quantitative estimate of drug-likeness (QED) is 0.653. The maximum Gasteiger partial charge on any atom is 0.407 e. The number of carboxylic acid groups (broad SMARTS) is 1. The first-order valence-electron chi connectivity index (χ1n) is 10.1. The number of nitrogens with one attached hydrogen (secondary N) is 2. The molecular formula is C23H24N2O5. The van der Waals surface area contributed by atoms with E-state index in [1.54, 1.807) is 0 Å². The van der Waals surface area contributed by atoms with Crippen LogP contribution in [0.5, 0.6) is 0 Å². The Labute approximate surface area is 174 Å². The molecule has 0 bridgehead atoms. The topological polar surface area (TPSA) is 105 Å². The fourth-order valence-corrected chi connectivity index (χ4v) is 3.97. The molecule has 2 aromatic rings. The molecule has 1 saturated carbocycles. The lowest BCUT2D eigenvalue weighted by molar-refractivity contribution is -0.139. The Balaban J connectivity index is 1.41. The van der Waals surface area contributed by atoms with E-state index in [4.69, 9.17) is 9.84 Å². The molecule has 2 aliphatic carbocycles. The van der Waals surface area contributed by atoms with Crippen LogP contribution in [0.2, 0.25) is 0 Å². The Morgan fingerprint density at radius 2 is 1.63 bits per heavy atom. The van der Waals surface area contributed by atoms with Crippen LogP contribution in [-0.4, -0.2) is 41.8 Å². The predicted octanol–water partition coefficient (Wildman–Crippen LogP) is 2.89. The van der Waals surface area contributed by atoms with Gasteiger partial charge in [0, 0.05) is 12.0 Å². The number of carboxylic acids is 1. The molecule has 1 unspecified atom stereocenters. The monoisotopic (exact) mass is 408 g/mol. The minimum Gasteiger partial charge on any atom is -0.481 e. The van der Waals surface area contributed by atoms with Crippen LogP contribution in [0.3, 0.4) is 0 Å². The fraction of sp³-hybridized carbons (Fsp3) is 0.348. The highest BCUT2D eigenvalue weighted by Gasteiger charge is 2.36. The SMILES string of the molecule is C[C@@H]1C[C@H]1NC(=O)C(CC(=O)O)NC(=O)OCC1c2ccccc2-c2ccccc21. The van der Waals surface area contributed by atoms with Gasteiger partial charge in [-0.2, -0.15) is 0 Å². The number of fused-ring (bicyclic) bond motifs is 3. The molecule has 30 heavy (non-hydrogen) atoms. The van der Waals surface area contributed by atoms with Crippen molar-refractivity contribution in [2.24, 2.45) is 5.92 Å². The number of benzene rings is 2. The highest BCUT2D eigenvalue weighted by molar-refractivity contribution is 5.89. The minimum atomic E-state index is -1.18. The summed E-state index contributed by atoms with van der Waals surface area (Å²) in [5.41, 5.74) is 4.38. The van der Waals surface area contributed by atoms with Crippen LogP contribution in [-0.2, 0) is 14.3 Å². The summed E-state index contributed by atoms with van der Waals surface area (Å²) >= 11 is 0. The lowest BCUT2D eigenvalue weighted by Gasteiger charge is -2.18. The van der Waals surface area contributed by atoms with Crippen LogP contribution in [0.15, 0.2) is 48.5 Å². The van der Waals surface area contributed by atoms with Gasteiger partial charge in [0.15, 0.2) is 0 Å². The van der Waals surface area contributed by atoms with Crippen molar-refractivity contribution in [1.82, 2.24) is 10.6 Å². The molecule has 4 rings (SSSR count). The number of rotatable bonds is 7. The number of alkyl carbamates (subject to hydrolysis) is 1. The second kappa shape index (κ2) is 8.18. The van der Waals surface area contributed by atoms with Gasteiger partial charge in [-0.15, -0.1) is 0 Å². The number of hydrogen-bond acceptors (Lipinski definition) is 4. The third-order valence-corrected chi connectivity index (χ3v) is 5.77. The second-order valence-electron chi connectivity index (χ2n) is 7.95. The van der Waals surface area contributed by atoms with Crippen molar-refractivity contribution in [3.05, 3.63) is 59.7 Å². The summed E-state index contributed by atoms with van der Waals surface area (Å²) in [6, 6.07) is 14.8. The molecule has 0 radical (unpaired) electrons. The highest BCUT2D eigenvalue weighted by Crippen LogP contribution is 2.44. The number of amides is 2. The fourth-order valence-electron chi connectivity index (χ4n) is 3.97. The third-order valence-electron chi connectivity index (χ3n) is 5.77. The number of carbonyl (C=O) groups excluding carboxylic acids is 2. The summed E-state index contributed by atoms with van der Waals surface area (Å²) in [6.07, 6.45) is -0.449. The largest absolute Gasteiger partial charge is 0.481 e. The first-order valence-corrected chi connectivity index (χ1v) is 10.1. The highest BCUT2D eigenvalue weighted by atomic mass is 16.5. The zero-order valence-corrected chi connectivity index (χ0v) is 16.6. The van der Waals surface area contributed by atoms with E-state index in [1.165, 1.54) is 0 Å². The lowest BCUT2D eigenvalue weighted by Crippen LogP contribution is -2.49. The first-order chi connectivity index (χ1) is 14.4. The number of ether oxygens (including phenoxy) is 1. The van der Waals surface area contributed by atoms with Gasteiger partial charge in [-0.3, -0.25) is 9.59 Å². The Morgan fingerprint density at radius 3 is 2.17 bits per heavy atom. The van der Waals surface area contributed by atoms with Gasteiger partial charge in [-0.05, 0) is 34.6 Å². The van der Waals surface area contributed by atoms with Gasteiger partial charge in [0.25, 0.3) is 0 Å². The van der Waals surface area contributed by atoms with E-state index in [-0.39, 0.29) is 18.6 Å². The van der Waals surface area contributed by atoms with Crippen molar-refractivity contribution in [2.45, 2.75) is 37.8 Å². The average Bonchev–Trinajstić information content (AvgIpc) is 3.31. The third kappa shape index (κ3) is 4.15. The van der Waals surface area contributed by atoms with E-state index < -0.39 is 30.4 Å². The zero-order chi connectivity index (χ0) is 21.3. The first kappa shape index (κ1) is 19.9. The molecule has 3 atom stereocenters. The maximum absolute atomic E-state index is 12.4. The van der Waals surface area contributed by atoms with Crippen LogP contribution in [0.4, 0.5) is 4.79 Å². The second-order valence-corrected chi connectivity index (χ2v) is 7.95. The Kier molecular flexibility index (Phi) is 5.44. The van der Waals surface area contributed by atoms with Gasteiger partial charge in [-0.1, -0.05) is 55.5 Å². The minimum absolute atomic E-state index is 0.0399. The molecule has 156 valence electrons. The summed E-state index contributed by atoms with van der Waals surface area (Å²) in [4.78, 5) is 35.9. The van der Waals surface area contributed by atoms with Crippen molar-refractivity contribution in [2.75, 3.05) is 6.61 Å². The number of hydrogen-bond donors (Lipinski definition) is 3. The number of carbonyl (C=O) groups is 3. The Bertz CT molecular complexity index is 944.